The molecule has 1 aromatic rings. The van der Waals surface area contributed by atoms with E-state index in [9.17, 15) is 0 Å². The molecule has 2 N–H and O–H groups in total. The molecule has 0 aliphatic carbocycles. The average Bonchev–Trinajstić information content (AvgIpc) is 2.56. The molecule has 0 aromatic heterocycles. The second-order valence-corrected chi connectivity index (χ2v) is 7.77. The fourth-order valence-corrected chi connectivity index (χ4v) is 3.18. The van der Waals surface area contributed by atoms with Crippen molar-refractivity contribution in [3.63, 3.8) is 0 Å². The van der Waals surface area contributed by atoms with E-state index in [1.807, 2.05) is 0 Å². The highest BCUT2D eigenvalue weighted by atomic mass is 16.6. The molecule has 0 bridgehead atoms. The molecule has 150 valence electrons. The van der Waals surface area contributed by atoms with E-state index in [-0.39, 0.29) is 0 Å². The summed E-state index contributed by atoms with van der Waals surface area (Å²) >= 11 is 0. The summed E-state index contributed by atoms with van der Waals surface area (Å²) in [6.07, 6.45) is 12.4. The first-order valence-electron chi connectivity index (χ1n) is 10.1. The van der Waals surface area contributed by atoms with Crippen LogP contribution in [-0.4, -0.2) is 41.5 Å². The summed E-state index contributed by atoms with van der Waals surface area (Å²) in [7, 11) is 4.72. The summed E-state index contributed by atoms with van der Waals surface area (Å²) in [6, 6.07) is 10.9. The lowest BCUT2D eigenvalue weighted by molar-refractivity contribution is -0.903. The van der Waals surface area contributed by atoms with Gasteiger partial charge in [-0.2, -0.15) is 0 Å². The van der Waals surface area contributed by atoms with Crippen molar-refractivity contribution in [3.05, 3.63) is 35.9 Å². The van der Waals surface area contributed by atoms with Crippen molar-refractivity contribution in [2.24, 2.45) is 0 Å². The van der Waals surface area contributed by atoms with Gasteiger partial charge in [0, 0.05) is 5.56 Å². The minimum absolute atomic E-state index is 1.11. The van der Waals surface area contributed by atoms with Gasteiger partial charge in [-0.25, -0.2) is 4.79 Å². The summed E-state index contributed by atoms with van der Waals surface area (Å²) in [5.41, 5.74) is 1.46. The molecule has 0 heterocycles. The van der Waals surface area contributed by atoms with Gasteiger partial charge in [0.25, 0.3) is 0 Å². The lowest BCUT2D eigenvalue weighted by atomic mass is 10.1. The molecule has 4 nitrogen and oxygen atoms in total. The highest BCUT2D eigenvalue weighted by Gasteiger charge is 2.14. The SMILES string of the molecule is CCCCCCCCCCCC[N+](C)(C)Cc1ccccc1.O=C(O)O. The molecular formula is C22H40NO3+. The predicted molar refractivity (Wildman–Crippen MR) is 110 cm³/mol. The van der Waals surface area contributed by atoms with E-state index in [4.69, 9.17) is 15.0 Å². The second-order valence-electron chi connectivity index (χ2n) is 7.77. The van der Waals surface area contributed by atoms with Crippen LogP contribution >= 0.6 is 0 Å². The summed E-state index contributed by atoms with van der Waals surface area (Å²) in [5.74, 6) is 0. The number of hydrogen-bond acceptors (Lipinski definition) is 1. The minimum Gasteiger partial charge on any atom is -0.450 e. The molecule has 0 unspecified atom stereocenters. The zero-order chi connectivity index (χ0) is 19.7. The third kappa shape index (κ3) is 17.3. The van der Waals surface area contributed by atoms with E-state index in [0.717, 1.165) is 11.0 Å². The Labute approximate surface area is 160 Å². The average molecular weight is 367 g/mol. The van der Waals surface area contributed by atoms with Crippen LogP contribution in [0.4, 0.5) is 4.79 Å². The zero-order valence-electron chi connectivity index (χ0n) is 17.1. The summed E-state index contributed by atoms with van der Waals surface area (Å²) < 4.78 is 1.11. The highest BCUT2D eigenvalue weighted by molar-refractivity contribution is 5.53. The Balaban J connectivity index is 0.00000141. The third-order valence-electron chi connectivity index (χ3n) is 4.57. The van der Waals surface area contributed by atoms with Crippen molar-refractivity contribution in [1.82, 2.24) is 0 Å². The number of carbonyl (C=O) groups is 1. The van der Waals surface area contributed by atoms with Crippen LogP contribution in [0.3, 0.4) is 0 Å². The first-order chi connectivity index (χ1) is 12.4. The van der Waals surface area contributed by atoms with Crippen LogP contribution in [0.1, 0.15) is 76.7 Å². The maximum absolute atomic E-state index is 8.56. The third-order valence-corrected chi connectivity index (χ3v) is 4.57. The number of nitrogens with zero attached hydrogens (tertiary/aromatic N) is 1. The molecule has 0 aliphatic heterocycles. The maximum atomic E-state index is 8.56. The van der Waals surface area contributed by atoms with Gasteiger partial charge in [-0.1, -0.05) is 88.6 Å². The van der Waals surface area contributed by atoms with Crippen LogP contribution in [0.15, 0.2) is 30.3 Å². The van der Waals surface area contributed by atoms with Gasteiger partial charge >= 0.3 is 6.16 Å². The van der Waals surface area contributed by atoms with Crippen molar-refractivity contribution >= 4 is 6.16 Å². The van der Waals surface area contributed by atoms with E-state index < -0.39 is 6.16 Å². The van der Waals surface area contributed by atoms with E-state index in [2.05, 4.69) is 51.4 Å². The Morgan fingerprint density at radius 1 is 0.808 bits per heavy atom. The lowest BCUT2D eigenvalue weighted by Gasteiger charge is -2.30. The van der Waals surface area contributed by atoms with E-state index in [1.54, 1.807) is 0 Å². The monoisotopic (exact) mass is 366 g/mol. The van der Waals surface area contributed by atoms with Crippen molar-refractivity contribution < 1.29 is 19.5 Å². The molecule has 0 amide bonds. The Bertz CT molecular complexity index is 442. The van der Waals surface area contributed by atoms with Crippen LogP contribution in [0.5, 0.6) is 0 Å². The predicted octanol–water partition coefficient (Wildman–Crippen LogP) is 6.41. The van der Waals surface area contributed by atoms with Gasteiger partial charge < -0.3 is 14.7 Å². The highest BCUT2D eigenvalue weighted by Crippen LogP contribution is 2.13. The molecule has 0 spiro atoms. The van der Waals surface area contributed by atoms with Gasteiger partial charge in [0.2, 0.25) is 0 Å². The fourth-order valence-electron chi connectivity index (χ4n) is 3.18. The van der Waals surface area contributed by atoms with Gasteiger partial charge in [-0.15, -0.1) is 0 Å². The van der Waals surface area contributed by atoms with Crippen molar-refractivity contribution in [3.8, 4) is 0 Å². The topological polar surface area (TPSA) is 57.5 Å². The molecular weight excluding hydrogens is 326 g/mol. The number of hydrogen-bond donors (Lipinski definition) is 2. The molecule has 1 rings (SSSR count). The van der Waals surface area contributed by atoms with Crippen molar-refractivity contribution in [1.29, 1.82) is 0 Å². The van der Waals surface area contributed by atoms with Gasteiger partial charge in [0.1, 0.15) is 6.54 Å². The Hall–Kier alpha value is -1.55. The lowest BCUT2D eigenvalue weighted by Crippen LogP contribution is -2.39. The Morgan fingerprint density at radius 2 is 1.23 bits per heavy atom. The molecule has 1 aromatic carbocycles. The van der Waals surface area contributed by atoms with Crippen molar-refractivity contribution in [2.75, 3.05) is 20.6 Å². The second kappa shape index (κ2) is 15.7. The van der Waals surface area contributed by atoms with Gasteiger partial charge in [-0.05, 0) is 12.8 Å². The smallest absolute Gasteiger partial charge is 0.450 e. The Morgan fingerprint density at radius 3 is 1.69 bits per heavy atom. The normalized spacial score (nSPS) is 10.9. The van der Waals surface area contributed by atoms with Crippen LogP contribution in [0.25, 0.3) is 0 Å². The number of rotatable bonds is 13. The molecule has 0 atom stereocenters. The number of unbranched alkanes of at least 4 members (excludes halogenated alkanes) is 9. The molecule has 26 heavy (non-hydrogen) atoms. The zero-order valence-corrected chi connectivity index (χ0v) is 17.1. The summed E-state index contributed by atoms with van der Waals surface area (Å²) in [4.78, 5) is 8.56. The summed E-state index contributed by atoms with van der Waals surface area (Å²) in [5, 5.41) is 13.9. The van der Waals surface area contributed by atoms with Gasteiger partial charge in [0.05, 0.1) is 20.6 Å². The maximum Gasteiger partial charge on any atom is 0.503 e. The van der Waals surface area contributed by atoms with E-state index in [0.29, 0.717) is 0 Å². The number of carboxylic acid groups (broad SMARTS) is 2. The van der Waals surface area contributed by atoms with Gasteiger partial charge in [0.15, 0.2) is 0 Å². The van der Waals surface area contributed by atoms with Crippen molar-refractivity contribution in [2.45, 2.75) is 77.7 Å². The Kier molecular flexibility index (Phi) is 14.8. The number of benzene rings is 1. The summed E-state index contributed by atoms with van der Waals surface area (Å²) in [6.45, 7) is 4.74. The first kappa shape index (κ1) is 24.5. The standard InChI is InChI=1S/C21H38N.CH2O3/c1-4-5-6-7-8-9-10-11-12-16-19-22(2,3)20-21-17-14-13-15-18-21;2-1(3)4/h13-15,17-18H,4-12,16,19-20H2,1-3H3;(H2,2,3,4)/q+1;. The largest absolute Gasteiger partial charge is 0.503 e. The molecule has 4 heteroatoms. The quantitative estimate of drug-likeness (QED) is 0.313. The fraction of sp³-hybridized carbons (Fsp3) is 0.682. The van der Waals surface area contributed by atoms with Gasteiger partial charge in [-0.3, -0.25) is 0 Å². The molecule has 0 saturated heterocycles. The first-order valence-corrected chi connectivity index (χ1v) is 10.1. The van der Waals surface area contributed by atoms with E-state index >= 15 is 0 Å². The van der Waals surface area contributed by atoms with Crippen LogP contribution in [0.2, 0.25) is 0 Å². The minimum atomic E-state index is -1.83. The molecule has 0 aliphatic rings. The molecule has 0 saturated carbocycles. The van der Waals surface area contributed by atoms with E-state index in [1.165, 1.54) is 76.3 Å². The van der Waals surface area contributed by atoms with Crippen LogP contribution in [0, 0.1) is 0 Å². The molecule has 0 fully saturated rings. The number of quaternary nitrogens is 1. The van der Waals surface area contributed by atoms with Crippen LogP contribution in [-0.2, 0) is 6.54 Å². The van der Waals surface area contributed by atoms with Crippen LogP contribution < -0.4 is 0 Å². The molecule has 0 radical (unpaired) electrons.